The van der Waals surface area contributed by atoms with E-state index in [4.69, 9.17) is 19.4 Å². The summed E-state index contributed by atoms with van der Waals surface area (Å²) in [6.45, 7) is 4.67. The van der Waals surface area contributed by atoms with Crippen LogP contribution in [0.4, 0.5) is 0 Å². The van der Waals surface area contributed by atoms with Crippen LogP contribution in [-0.2, 0) is 5.41 Å². The maximum absolute atomic E-state index is 6.58. The SMILES string of the molecule is CC1(C)c2ccccc2-c2ccc(-c3cccc(-c4ccc5oc6cccc(-c7nc(-c8ccc(-c9ccccc9)cc8)nc(-c8ccc9c(c8)sc8ccccc89)n7)c6c5c4)c3)cc21. The minimum atomic E-state index is -0.0650. The third-order valence-electron chi connectivity index (χ3n) is 13.4. The zero-order chi connectivity index (χ0) is 43.2. The Bertz CT molecular complexity index is 3860. The van der Waals surface area contributed by atoms with Crippen molar-refractivity contribution in [2.45, 2.75) is 19.3 Å². The van der Waals surface area contributed by atoms with Gasteiger partial charge >= 0.3 is 0 Å². The first-order valence-electron chi connectivity index (χ1n) is 22.1. The van der Waals surface area contributed by atoms with Crippen LogP contribution >= 0.6 is 11.3 Å². The van der Waals surface area contributed by atoms with E-state index in [1.807, 2.05) is 18.2 Å². The molecule has 0 aliphatic heterocycles. The minimum Gasteiger partial charge on any atom is -0.456 e. The van der Waals surface area contributed by atoms with E-state index in [0.717, 1.165) is 60.9 Å². The van der Waals surface area contributed by atoms with Gasteiger partial charge in [0.15, 0.2) is 17.5 Å². The number of furan rings is 1. The Balaban J connectivity index is 0.935. The summed E-state index contributed by atoms with van der Waals surface area (Å²) in [7, 11) is 0. The lowest BCUT2D eigenvalue weighted by atomic mass is 9.81. The quantitative estimate of drug-likeness (QED) is 0.167. The maximum atomic E-state index is 6.58. The molecule has 0 N–H and O–H groups in total. The topological polar surface area (TPSA) is 51.8 Å². The predicted molar refractivity (Wildman–Crippen MR) is 270 cm³/mol. The zero-order valence-electron chi connectivity index (χ0n) is 35.7. The van der Waals surface area contributed by atoms with Gasteiger partial charge in [0.1, 0.15) is 11.2 Å². The van der Waals surface area contributed by atoms with E-state index < -0.39 is 0 Å². The molecule has 0 amide bonds. The molecule has 0 bridgehead atoms. The molecule has 5 heteroatoms. The molecule has 13 rings (SSSR count). The second-order valence-electron chi connectivity index (χ2n) is 17.6. The average molecular weight is 850 g/mol. The monoisotopic (exact) mass is 849 g/mol. The zero-order valence-corrected chi connectivity index (χ0v) is 36.5. The molecule has 0 atom stereocenters. The molecule has 0 spiro atoms. The minimum absolute atomic E-state index is 0.0650. The lowest BCUT2D eigenvalue weighted by Crippen LogP contribution is -2.14. The van der Waals surface area contributed by atoms with Gasteiger partial charge in [-0.15, -0.1) is 11.3 Å². The summed E-state index contributed by atoms with van der Waals surface area (Å²) in [5.41, 5.74) is 16.7. The molecule has 1 aliphatic rings. The molecule has 0 fully saturated rings. The van der Waals surface area contributed by atoms with Gasteiger partial charge in [-0.25, -0.2) is 15.0 Å². The first-order valence-corrected chi connectivity index (χ1v) is 22.9. The van der Waals surface area contributed by atoms with E-state index in [0.29, 0.717) is 17.5 Å². The molecule has 306 valence electrons. The number of thiophene rings is 1. The van der Waals surface area contributed by atoms with E-state index in [-0.39, 0.29) is 5.41 Å². The molecule has 65 heavy (non-hydrogen) atoms. The van der Waals surface area contributed by atoms with Crippen molar-refractivity contribution in [1.82, 2.24) is 15.0 Å². The molecule has 3 heterocycles. The van der Waals surface area contributed by atoms with Crippen molar-refractivity contribution >= 4 is 53.4 Å². The third-order valence-corrected chi connectivity index (χ3v) is 14.5. The van der Waals surface area contributed by atoms with Crippen LogP contribution in [0.1, 0.15) is 25.0 Å². The van der Waals surface area contributed by atoms with Crippen molar-refractivity contribution in [3.05, 3.63) is 211 Å². The van der Waals surface area contributed by atoms with Crippen LogP contribution in [0, 0.1) is 0 Å². The van der Waals surface area contributed by atoms with Crippen LogP contribution in [0.2, 0.25) is 0 Å². The van der Waals surface area contributed by atoms with E-state index in [1.165, 1.54) is 53.6 Å². The summed E-state index contributed by atoms with van der Waals surface area (Å²) in [5, 5.41) is 4.48. The maximum Gasteiger partial charge on any atom is 0.164 e. The van der Waals surface area contributed by atoms with Crippen LogP contribution in [0.15, 0.2) is 205 Å². The van der Waals surface area contributed by atoms with Crippen molar-refractivity contribution in [2.24, 2.45) is 0 Å². The van der Waals surface area contributed by atoms with Gasteiger partial charge in [0, 0.05) is 53.1 Å². The molecule has 4 nitrogen and oxygen atoms in total. The second-order valence-corrected chi connectivity index (χ2v) is 18.6. The highest BCUT2D eigenvalue weighted by atomic mass is 32.1. The molecule has 1 aliphatic carbocycles. The number of benzene rings is 9. The van der Waals surface area contributed by atoms with Crippen LogP contribution < -0.4 is 0 Å². The summed E-state index contributed by atoms with van der Waals surface area (Å²) < 4.78 is 9.04. The van der Waals surface area contributed by atoms with Crippen molar-refractivity contribution in [2.75, 3.05) is 0 Å². The fourth-order valence-corrected chi connectivity index (χ4v) is 11.2. The highest BCUT2D eigenvalue weighted by molar-refractivity contribution is 7.25. The van der Waals surface area contributed by atoms with Gasteiger partial charge in [-0.1, -0.05) is 172 Å². The second kappa shape index (κ2) is 14.5. The fraction of sp³-hybridized carbons (Fsp3) is 0.0500. The third kappa shape index (κ3) is 6.15. The lowest BCUT2D eigenvalue weighted by molar-refractivity contribution is 0.660. The summed E-state index contributed by atoms with van der Waals surface area (Å²) in [5.74, 6) is 1.83. The number of fused-ring (bicyclic) bond motifs is 9. The molecule has 0 saturated carbocycles. The van der Waals surface area contributed by atoms with Crippen molar-refractivity contribution < 1.29 is 4.42 Å². The van der Waals surface area contributed by atoms with E-state index >= 15 is 0 Å². The molecule has 12 aromatic rings. The van der Waals surface area contributed by atoms with Crippen LogP contribution in [0.5, 0.6) is 0 Å². The summed E-state index contributed by atoms with van der Waals surface area (Å²) in [6.07, 6.45) is 0. The van der Waals surface area contributed by atoms with Gasteiger partial charge < -0.3 is 4.42 Å². The lowest BCUT2D eigenvalue weighted by Gasteiger charge is -2.22. The first kappa shape index (κ1) is 37.6. The van der Waals surface area contributed by atoms with E-state index in [2.05, 4.69) is 196 Å². The van der Waals surface area contributed by atoms with Gasteiger partial charge in [-0.3, -0.25) is 0 Å². The van der Waals surface area contributed by atoms with Crippen molar-refractivity contribution in [3.8, 4) is 78.7 Å². The molecular weight excluding hydrogens is 811 g/mol. The molecule has 0 unspecified atom stereocenters. The van der Waals surface area contributed by atoms with Crippen molar-refractivity contribution in [3.63, 3.8) is 0 Å². The summed E-state index contributed by atoms with van der Waals surface area (Å²) in [6, 6.07) is 71.4. The van der Waals surface area contributed by atoms with Crippen molar-refractivity contribution in [1.29, 1.82) is 0 Å². The Kier molecular flexibility index (Phi) is 8.39. The molecular formula is C60H39N3OS. The summed E-state index contributed by atoms with van der Waals surface area (Å²) >= 11 is 1.79. The molecule has 0 saturated heterocycles. The Hall–Kier alpha value is -7.99. The van der Waals surface area contributed by atoms with Gasteiger partial charge in [0.2, 0.25) is 0 Å². The number of nitrogens with zero attached hydrogens (tertiary/aromatic N) is 3. The highest BCUT2D eigenvalue weighted by Gasteiger charge is 2.35. The predicted octanol–water partition coefficient (Wildman–Crippen LogP) is 16.4. The van der Waals surface area contributed by atoms with Gasteiger partial charge in [-0.05, 0) is 98.1 Å². The Labute approximate surface area is 380 Å². The van der Waals surface area contributed by atoms with Crippen LogP contribution in [0.25, 0.3) is 121 Å². The Morgan fingerprint density at radius 3 is 1.80 bits per heavy atom. The molecule has 3 aromatic heterocycles. The van der Waals surface area contributed by atoms with Gasteiger partial charge in [0.05, 0.1) is 0 Å². The number of rotatable bonds is 6. The standard InChI is InChI=1S/C60H39N3OS/c1-60(2)50-19-8-6-16-44(50)45-29-26-42(34-51(45)60)40-15-10-14-39(32-40)41-28-31-52-49(33-41)56-48(18-11-20-53(56)64-52)59-62-57(38-24-22-37(23-25-38)36-12-4-3-5-13-36)61-58(63-59)43-27-30-47-46-17-7-9-21-54(46)65-55(47)35-43/h3-35H,1-2H3. The van der Waals surface area contributed by atoms with Gasteiger partial charge in [-0.2, -0.15) is 0 Å². The number of aromatic nitrogens is 3. The van der Waals surface area contributed by atoms with Crippen LogP contribution in [-0.4, -0.2) is 15.0 Å². The van der Waals surface area contributed by atoms with E-state index in [9.17, 15) is 0 Å². The highest BCUT2D eigenvalue weighted by Crippen LogP contribution is 2.50. The van der Waals surface area contributed by atoms with Gasteiger partial charge in [0.25, 0.3) is 0 Å². The Morgan fingerprint density at radius 1 is 0.354 bits per heavy atom. The number of hydrogen-bond donors (Lipinski definition) is 0. The fourth-order valence-electron chi connectivity index (χ4n) is 10.0. The molecule has 9 aromatic carbocycles. The Morgan fingerprint density at radius 2 is 0.938 bits per heavy atom. The first-order chi connectivity index (χ1) is 31.9. The number of hydrogen-bond acceptors (Lipinski definition) is 5. The summed E-state index contributed by atoms with van der Waals surface area (Å²) in [4.78, 5) is 15.7. The van der Waals surface area contributed by atoms with E-state index in [1.54, 1.807) is 11.3 Å². The smallest absolute Gasteiger partial charge is 0.164 e. The molecule has 0 radical (unpaired) electrons. The van der Waals surface area contributed by atoms with Crippen LogP contribution in [0.3, 0.4) is 0 Å². The largest absolute Gasteiger partial charge is 0.456 e. The average Bonchev–Trinajstić information content (AvgIpc) is 4.01. The normalized spacial score (nSPS) is 12.9.